The summed E-state index contributed by atoms with van der Waals surface area (Å²) in [6.07, 6.45) is 0.420. The van der Waals surface area contributed by atoms with Gasteiger partial charge in [-0.3, -0.25) is 19.3 Å². The van der Waals surface area contributed by atoms with E-state index >= 15 is 0 Å². The summed E-state index contributed by atoms with van der Waals surface area (Å²) in [6.45, 7) is 6.39. The first-order chi connectivity index (χ1) is 24.3. The monoisotopic (exact) mass is 936 g/mol. The van der Waals surface area contributed by atoms with Gasteiger partial charge in [-0.15, -0.1) is 36.7 Å². The van der Waals surface area contributed by atoms with Gasteiger partial charge in [-0.1, -0.05) is 36.9 Å². The van der Waals surface area contributed by atoms with Crippen LogP contribution in [0.15, 0.2) is 98.0 Å². The maximum atomic E-state index is 12.3. The first-order valence-corrected chi connectivity index (χ1v) is 19.3. The number of imidazole rings is 1. The Morgan fingerprint density at radius 1 is 1.02 bits per heavy atom. The molecule has 5 rings (SSSR count). The fourth-order valence-electron chi connectivity index (χ4n) is 4.24. The minimum atomic E-state index is -4.72. The fraction of sp³-hybridized carbons (Fsp3) is 0.206. The number of thiocyanates is 1. The summed E-state index contributed by atoms with van der Waals surface area (Å²) in [4.78, 5) is 26.1. The van der Waals surface area contributed by atoms with Crippen LogP contribution in [-0.4, -0.2) is 49.7 Å². The molecule has 3 heterocycles. The number of halogens is 5. The Kier molecular flexibility index (Phi) is 20.7. The van der Waals surface area contributed by atoms with Crippen LogP contribution >= 0.6 is 67.6 Å². The predicted molar refractivity (Wildman–Crippen MR) is 210 cm³/mol. The maximum absolute atomic E-state index is 12.3. The number of alkyl halides is 3. The molecule has 5 aromatic rings. The Balaban J connectivity index is 0.000000338. The van der Waals surface area contributed by atoms with Crippen LogP contribution in [0.25, 0.3) is 17.1 Å². The molecule has 0 atom stereocenters. The fourth-order valence-corrected chi connectivity index (χ4v) is 7.12. The molecule has 0 fully saturated rings. The van der Waals surface area contributed by atoms with Crippen molar-refractivity contribution in [1.82, 2.24) is 19.5 Å². The summed E-state index contributed by atoms with van der Waals surface area (Å²) in [6, 6.07) is 17.4. The number of nitriles is 1. The number of hydrogen-bond acceptors (Lipinski definition) is 10. The second-order valence-electron chi connectivity index (χ2n) is 9.99. The quantitative estimate of drug-likeness (QED) is 0.0339. The zero-order chi connectivity index (χ0) is 37.6. The summed E-state index contributed by atoms with van der Waals surface area (Å²) in [5.41, 5.74) is 4.76. The van der Waals surface area contributed by atoms with E-state index in [4.69, 9.17) is 17.5 Å². The topological polar surface area (TPSA) is 109 Å². The van der Waals surface area contributed by atoms with Crippen molar-refractivity contribution in [3.63, 3.8) is 0 Å². The van der Waals surface area contributed by atoms with Crippen LogP contribution in [0.1, 0.15) is 29.9 Å². The number of carbonyl (C=O) groups is 1. The van der Waals surface area contributed by atoms with Crippen LogP contribution in [0.4, 0.5) is 18.9 Å². The molecule has 0 aliphatic carbocycles. The molecule has 0 aliphatic heterocycles. The smallest absolute Gasteiger partial charge is 0.696 e. The molecule has 3 aromatic heterocycles. The third-order valence-electron chi connectivity index (χ3n) is 6.33. The van der Waals surface area contributed by atoms with E-state index in [1.165, 1.54) is 35.2 Å². The van der Waals surface area contributed by atoms with E-state index in [1.807, 2.05) is 50.2 Å². The second kappa shape index (κ2) is 23.2. The van der Waals surface area contributed by atoms with Gasteiger partial charge in [0.1, 0.15) is 17.1 Å². The minimum Gasteiger partial charge on any atom is -0.696 e. The van der Waals surface area contributed by atoms with Gasteiger partial charge in [-0.25, -0.2) is 5.26 Å². The standard InChI is InChI=1S/C17H13BrF3N3OS2.C16H17BrN2OS.CHNS.K/c1-2-27-14-7-10(18)8-22-15(14)13-9-24(16(26)23-13)11-3-5-12(6-4-11)25-17(19,20)21;1-3-21-15-8-12(17)9-19-16(15)14(20)10-18-13-6-4-11(2)5-7-13;2-1-3;/h3-9H,2H2,1H3,(H,23,26);4-9,18H,3,10H2,1-2H3;3H;/q;;;+1/p-1. The van der Waals surface area contributed by atoms with Crippen molar-refractivity contribution in [2.24, 2.45) is 0 Å². The summed E-state index contributed by atoms with van der Waals surface area (Å²) in [5, 5.41) is 11.6. The van der Waals surface area contributed by atoms with Crippen molar-refractivity contribution in [2.45, 2.75) is 36.9 Å². The van der Waals surface area contributed by atoms with Crippen molar-refractivity contribution in [3.8, 4) is 28.2 Å². The maximum Gasteiger partial charge on any atom is 1.00 e. The summed E-state index contributed by atoms with van der Waals surface area (Å²) in [7, 11) is 0. The summed E-state index contributed by atoms with van der Waals surface area (Å²) < 4.78 is 44.6. The molecule has 2 aromatic carbocycles. The molecule has 268 valence electrons. The van der Waals surface area contributed by atoms with Gasteiger partial charge in [-0.05, 0) is 111 Å². The van der Waals surface area contributed by atoms with Crippen LogP contribution in [0.3, 0.4) is 0 Å². The SMILES string of the molecule is CCSc1cc(Br)cnc1-c1cn(-c2ccc(OC(F)(F)F)cc2)c(=S)[nH]1.CCSc1cc(Br)cnc1C(=O)CNc1ccc(C)cc1.N#C[S-].[K+]. The molecule has 0 amide bonds. The van der Waals surface area contributed by atoms with Crippen molar-refractivity contribution in [1.29, 1.82) is 5.26 Å². The van der Waals surface area contributed by atoms with Gasteiger partial charge in [0.25, 0.3) is 0 Å². The molecule has 0 spiro atoms. The predicted octanol–water partition coefficient (Wildman–Crippen LogP) is 7.95. The summed E-state index contributed by atoms with van der Waals surface area (Å²) >= 11 is 19.2. The number of aryl methyl sites for hydroxylation is 1. The number of carbonyl (C=O) groups excluding carboxylic acids is 1. The number of aromatic amines is 1. The zero-order valence-corrected chi connectivity index (χ0v) is 37.8. The number of ether oxygens (including phenoxy) is 1. The average molecular weight is 939 g/mol. The van der Waals surface area contributed by atoms with Crippen LogP contribution in [0.5, 0.6) is 5.75 Å². The number of nitrogens with zero attached hydrogens (tertiary/aromatic N) is 4. The van der Waals surface area contributed by atoms with Gasteiger partial charge in [0.2, 0.25) is 5.78 Å². The molecule has 0 saturated heterocycles. The van der Waals surface area contributed by atoms with E-state index in [0.717, 1.165) is 47.3 Å². The number of pyridine rings is 2. The number of aromatic nitrogens is 4. The van der Waals surface area contributed by atoms with E-state index in [0.29, 0.717) is 16.2 Å². The molecule has 0 radical (unpaired) electrons. The Labute approximate surface area is 378 Å². The van der Waals surface area contributed by atoms with Gasteiger partial charge < -0.3 is 27.7 Å². The number of benzene rings is 2. The zero-order valence-electron chi connectivity index (χ0n) is 28.3. The first-order valence-electron chi connectivity index (χ1n) is 14.9. The van der Waals surface area contributed by atoms with E-state index in [1.54, 1.807) is 46.7 Å². The number of thioether (sulfide) groups is 2. The van der Waals surface area contributed by atoms with Crippen molar-refractivity contribution < 1.29 is 74.1 Å². The van der Waals surface area contributed by atoms with E-state index in [9.17, 15) is 18.0 Å². The van der Waals surface area contributed by atoms with Crippen molar-refractivity contribution >= 4 is 91.7 Å². The van der Waals surface area contributed by atoms with Crippen LogP contribution in [0, 0.1) is 22.4 Å². The number of anilines is 1. The van der Waals surface area contributed by atoms with Gasteiger partial charge in [0.15, 0.2) is 4.77 Å². The second-order valence-corrected chi connectivity index (χ2v) is 15.0. The molecule has 52 heavy (non-hydrogen) atoms. The van der Waals surface area contributed by atoms with E-state index in [2.05, 4.69) is 76.4 Å². The van der Waals surface area contributed by atoms with E-state index in [-0.39, 0.29) is 69.5 Å². The molecule has 8 nitrogen and oxygen atoms in total. The minimum absolute atomic E-state index is 0. The van der Waals surface area contributed by atoms with Crippen LogP contribution < -0.4 is 61.4 Å². The van der Waals surface area contributed by atoms with Gasteiger partial charge in [-0.2, -0.15) is 0 Å². The summed E-state index contributed by atoms with van der Waals surface area (Å²) in [5.74, 6) is 1.50. The molecular formula is C34H30Br2F3KN6O2S4. The number of hydrogen-bond donors (Lipinski definition) is 2. The van der Waals surface area contributed by atoms with Crippen LogP contribution in [0.2, 0.25) is 0 Å². The van der Waals surface area contributed by atoms with E-state index < -0.39 is 6.36 Å². The molecule has 0 unspecified atom stereocenters. The number of H-pyrrole nitrogens is 1. The number of nitrogens with one attached hydrogen (secondary N) is 2. The largest absolute Gasteiger partial charge is 1.00 e. The third kappa shape index (κ3) is 15.2. The number of ketones is 1. The molecule has 0 bridgehead atoms. The molecule has 0 aliphatic rings. The number of Topliss-reactive ketones (excluding diaryl/α,β-unsaturated/α-hetero) is 1. The van der Waals surface area contributed by atoms with Crippen molar-refractivity contribution in [3.05, 3.63) is 104 Å². The third-order valence-corrected chi connectivity index (χ3v) is 9.32. The normalized spacial score (nSPS) is 10.4. The first kappa shape index (κ1) is 46.4. The van der Waals surface area contributed by atoms with Crippen LogP contribution in [-0.2, 0) is 12.6 Å². The molecule has 0 saturated carbocycles. The van der Waals surface area contributed by atoms with Crippen molar-refractivity contribution in [2.75, 3.05) is 23.4 Å². The Morgan fingerprint density at radius 3 is 2.15 bits per heavy atom. The Bertz CT molecular complexity index is 2010. The molecular weight excluding hydrogens is 909 g/mol. The van der Waals surface area contributed by atoms with Gasteiger partial charge in [0, 0.05) is 48.7 Å². The molecule has 2 N–H and O–H groups in total. The average Bonchev–Trinajstić information content (AvgIpc) is 3.46. The van der Waals surface area contributed by atoms with Gasteiger partial charge >= 0.3 is 57.7 Å². The number of rotatable bonds is 11. The molecule has 18 heteroatoms. The Morgan fingerprint density at radius 2 is 1.58 bits per heavy atom. The van der Waals surface area contributed by atoms with Gasteiger partial charge in [0.05, 0.1) is 12.2 Å². The Hall–Kier alpha value is -1.76.